The van der Waals surface area contributed by atoms with Gasteiger partial charge in [-0.1, -0.05) is 18.2 Å². The second kappa shape index (κ2) is 6.78. The monoisotopic (exact) mass is 342 g/mol. The van der Waals surface area contributed by atoms with Crippen LogP contribution < -0.4 is 10.1 Å². The second-order valence-electron chi connectivity index (χ2n) is 7.37. The SMILES string of the molecule is COc1ccccc1C1CCCN1C(=O)Nc1cnn(C(C)(C)C)c1. The van der Waals surface area contributed by atoms with Gasteiger partial charge in [0, 0.05) is 18.3 Å². The molecule has 6 nitrogen and oxygen atoms in total. The number of benzene rings is 1. The summed E-state index contributed by atoms with van der Waals surface area (Å²) in [5.41, 5.74) is 1.66. The van der Waals surface area contributed by atoms with Gasteiger partial charge in [-0.2, -0.15) is 5.10 Å². The molecule has 3 rings (SSSR count). The van der Waals surface area contributed by atoms with Crippen molar-refractivity contribution in [2.45, 2.75) is 45.2 Å². The van der Waals surface area contributed by atoms with Crippen molar-refractivity contribution in [2.24, 2.45) is 0 Å². The van der Waals surface area contributed by atoms with Crippen LogP contribution in [0.5, 0.6) is 5.75 Å². The van der Waals surface area contributed by atoms with Gasteiger partial charge in [-0.05, 0) is 39.7 Å². The number of para-hydroxylation sites is 1. The number of nitrogens with zero attached hydrogens (tertiary/aromatic N) is 3. The lowest BCUT2D eigenvalue weighted by Crippen LogP contribution is -2.34. The Kier molecular flexibility index (Phi) is 4.70. The highest BCUT2D eigenvalue weighted by Gasteiger charge is 2.32. The molecule has 0 radical (unpaired) electrons. The molecule has 1 aromatic carbocycles. The Morgan fingerprint density at radius 1 is 1.32 bits per heavy atom. The second-order valence-corrected chi connectivity index (χ2v) is 7.37. The van der Waals surface area contributed by atoms with E-state index in [1.54, 1.807) is 13.3 Å². The number of nitrogens with one attached hydrogen (secondary N) is 1. The topological polar surface area (TPSA) is 59.4 Å². The molecule has 6 heteroatoms. The Morgan fingerprint density at radius 2 is 2.08 bits per heavy atom. The van der Waals surface area contributed by atoms with Crippen molar-refractivity contribution >= 4 is 11.7 Å². The predicted molar refractivity (Wildman–Crippen MR) is 97.9 cm³/mol. The van der Waals surface area contributed by atoms with Crippen LogP contribution >= 0.6 is 0 Å². The number of likely N-dealkylation sites (tertiary alicyclic amines) is 1. The first-order chi connectivity index (χ1) is 11.9. The van der Waals surface area contributed by atoms with E-state index in [0.717, 1.165) is 30.7 Å². The van der Waals surface area contributed by atoms with Gasteiger partial charge in [-0.3, -0.25) is 4.68 Å². The number of rotatable bonds is 3. The van der Waals surface area contributed by atoms with E-state index in [2.05, 4.69) is 31.2 Å². The quantitative estimate of drug-likeness (QED) is 0.916. The highest BCUT2D eigenvalue weighted by Crippen LogP contribution is 2.37. The minimum atomic E-state index is -0.115. The molecule has 0 bridgehead atoms. The van der Waals surface area contributed by atoms with E-state index < -0.39 is 0 Å². The minimum absolute atomic E-state index is 0.0359. The number of amides is 2. The third kappa shape index (κ3) is 3.62. The van der Waals surface area contributed by atoms with Crippen LogP contribution in [0.15, 0.2) is 36.7 Å². The standard InChI is InChI=1S/C19H26N4O2/c1-19(2,3)23-13-14(12-20-23)21-18(24)22-11-7-9-16(22)15-8-5-6-10-17(15)25-4/h5-6,8,10,12-13,16H,7,9,11H2,1-4H3,(H,21,24). The lowest BCUT2D eigenvalue weighted by atomic mass is 10.0. The van der Waals surface area contributed by atoms with Gasteiger partial charge >= 0.3 is 6.03 Å². The summed E-state index contributed by atoms with van der Waals surface area (Å²) in [6, 6.07) is 7.85. The number of carbonyl (C=O) groups excluding carboxylic acids is 1. The van der Waals surface area contributed by atoms with Crippen molar-refractivity contribution < 1.29 is 9.53 Å². The van der Waals surface area contributed by atoms with Gasteiger partial charge in [0.1, 0.15) is 5.75 Å². The van der Waals surface area contributed by atoms with Crippen molar-refractivity contribution in [1.82, 2.24) is 14.7 Å². The van der Waals surface area contributed by atoms with Crippen LogP contribution in [0.3, 0.4) is 0 Å². The van der Waals surface area contributed by atoms with Crippen molar-refractivity contribution in [2.75, 3.05) is 19.0 Å². The van der Waals surface area contributed by atoms with Gasteiger partial charge in [0.25, 0.3) is 0 Å². The Labute approximate surface area is 148 Å². The Balaban J connectivity index is 1.76. The van der Waals surface area contributed by atoms with E-state index in [1.165, 1.54) is 0 Å². The Bertz CT molecular complexity index is 748. The summed E-state index contributed by atoms with van der Waals surface area (Å²) in [6.07, 6.45) is 5.48. The zero-order valence-electron chi connectivity index (χ0n) is 15.3. The van der Waals surface area contributed by atoms with E-state index in [0.29, 0.717) is 5.69 Å². The number of hydrogen-bond donors (Lipinski definition) is 1. The summed E-state index contributed by atoms with van der Waals surface area (Å²) >= 11 is 0. The van der Waals surface area contributed by atoms with Gasteiger partial charge < -0.3 is 15.0 Å². The van der Waals surface area contributed by atoms with Crippen LogP contribution in [0.4, 0.5) is 10.5 Å². The van der Waals surface area contributed by atoms with Gasteiger partial charge in [0.15, 0.2) is 0 Å². The van der Waals surface area contributed by atoms with Gasteiger partial charge in [0.05, 0.1) is 30.6 Å². The summed E-state index contributed by atoms with van der Waals surface area (Å²) in [5.74, 6) is 0.827. The highest BCUT2D eigenvalue weighted by molar-refractivity contribution is 5.89. The molecule has 2 aromatic rings. The van der Waals surface area contributed by atoms with Crippen molar-refractivity contribution in [3.05, 3.63) is 42.2 Å². The largest absolute Gasteiger partial charge is 0.496 e. The maximum atomic E-state index is 12.8. The fraction of sp³-hybridized carbons (Fsp3) is 0.474. The van der Waals surface area contributed by atoms with E-state index >= 15 is 0 Å². The first-order valence-corrected chi connectivity index (χ1v) is 8.66. The van der Waals surface area contributed by atoms with E-state index in [-0.39, 0.29) is 17.6 Å². The number of anilines is 1. The van der Waals surface area contributed by atoms with Crippen molar-refractivity contribution in [3.63, 3.8) is 0 Å². The number of urea groups is 1. The molecule has 2 amide bonds. The molecule has 1 aliphatic rings. The van der Waals surface area contributed by atoms with E-state index in [4.69, 9.17) is 4.74 Å². The fourth-order valence-electron chi connectivity index (χ4n) is 3.22. The fourth-order valence-corrected chi connectivity index (χ4v) is 3.22. The van der Waals surface area contributed by atoms with Crippen molar-refractivity contribution in [1.29, 1.82) is 0 Å². The third-order valence-corrected chi connectivity index (χ3v) is 4.53. The molecule has 25 heavy (non-hydrogen) atoms. The summed E-state index contributed by atoms with van der Waals surface area (Å²) < 4.78 is 7.32. The molecule has 2 heterocycles. The van der Waals surface area contributed by atoms with Crippen LogP contribution in [0.25, 0.3) is 0 Å². The van der Waals surface area contributed by atoms with Crippen LogP contribution in [-0.2, 0) is 5.54 Å². The number of aromatic nitrogens is 2. The van der Waals surface area contributed by atoms with E-state index in [9.17, 15) is 4.79 Å². The first kappa shape index (κ1) is 17.3. The first-order valence-electron chi connectivity index (χ1n) is 8.66. The maximum absolute atomic E-state index is 12.8. The molecular weight excluding hydrogens is 316 g/mol. The molecule has 1 N–H and O–H groups in total. The molecular formula is C19H26N4O2. The Morgan fingerprint density at radius 3 is 2.76 bits per heavy atom. The summed E-state index contributed by atoms with van der Waals surface area (Å²) in [6.45, 7) is 6.96. The molecule has 1 saturated heterocycles. The highest BCUT2D eigenvalue weighted by atomic mass is 16.5. The lowest BCUT2D eigenvalue weighted by Gasteiger charge is -2.26. The summed E-state index contributed by atoms with van der Waals surface area (Å²) in [5, 5.41) is 7.31. The van der Waals surface area contributed by atoms with Crippen LogP contribution in [-0.4, -0.2) is 34.4 Å². The zero-order valence-corrected chi connectivity index (χ0v) is 15.3. The normalized spacial score (nSPS) is 17.6. The number of carbonyl (C=O) groups is 1. The molecule has 1 fully saturated rings. The number of methoxy groups -OCH3 is 1. The number of hydrogen-bond acceptors (Lipinski definition) is 3. The smallest absolute Gasteiger partial charge is 0.322 e. The van der Waals surface area contributed by atoms with Gasteiger partial charge in [-0.15, -0.1) is 0 Å². The molecule has 0 spiro atoms. The zero-order chi connectivity index (χ0) is 18.0. The molecule has 1 aliphatic heterocycles. The molecule has 0 saturated carbocycles. The summed E-state index contributed by atoms with van der Waals surface area (Å²) in [7, 11) is 1.67. The Hall–Kier alpha value is -2.50. The van der Waals surface area contributed by atoms with Gasteiger partial charge in [-0.25, -0.2) is 4.79 Å². The maximum Gasteiger partial charge on any atom is 0.322 e. The van der Waals surface area contributed by atoms with Crippen LogP contribution in [0.1, 0.15) is 45.2 Å². The molecule has 0 aliphatic carbocycles. The molecule has 134 valence electrons. The average molecular weight is 342 g/mol. The van der Waals surface area contributed by atoms with Gasteiger partial charge in [0.2, 0.25) is 0 Å². The lowest BCUT2D eigenvalue weighted by molar-refractivity contribution is 0.206. The molecule has 1 atom stereocenters. The molecule has 1 unspecified atom stereocenters. The third-order valence-electron chi connectivity index (χ3n) is 4.53. The molecule has 1 aromatic heterocycles. The minimum Gasteiger partial charge on any atom is -0.496 e. The predicted octanol–water partition coefficient (Wildman–Crippen LogP) is 4.02. The average Bonchev–Trinajstić information content (AvgIpc) is 3.23. The van der Waals surface area contributed by atoms with E-state index in [1.807, 2.05) is 40.0 Å². The number of ether oxygens (including phenoxy) is 1. The van der Waals surface area contributed by atoms with Crippen molar-refractivity contribution in [3.8, 4) is 5.75 Å². The van der Waals surface area contributed by atoms with Crippen LogP contribution in [0, 0.1) is 0 Å². The van der Waals surface area contributed by atoms with Crippen LogP contribution in [0.2, 0.25) is 0 Å². The summed E-state index contributed by atoms with van der Waals surface area (Å²) in [4.78, 5) is 14.7.